The number of allylic oxidation sites excluding steroid dienone is 2. The molecule has 0 aromatic rings. The van der Waals surface area contributed by atoms with Crippen LogP contribution >= 0.6 is 92.8 Å². The van der Waals surface area contributed by atoms with Gasteiger partial charge in [-0.2, -0.15) is 0 Å². The summed E-state index contributed by atoms with van der Waals surface area (Å²) >= 11 is 44.5. The molecule has 0 aliphatic carbocycles. The Bertz CT molecular complexity index is 650. The van der Waals surface area contributed by atoms with Gasteiger partial charge in [0.1, 0.15) is 30.4 Å². The molecule has 0 aromatic heterocycles. The predicted octanol–water partition coefficient (Wildman–Crippen LogP) is 5.31. The first-order valence-corrected chi connectivity index (χ1v) is 8.92. The van der Waals surface area contributed by atoms with Gasteiger partial charge in [-0.15, -0.1) is 0 Å². The number of nitrogens with one attached hydrogen (secondary N) is 2. The Balaban J connectivity index is 5.36. The molecule has 16 heteroatoms. The molecule has 0 saturated carbocycles. The van der Waals surface area contributed by atoms with Crippen molar-refractivity contribution >= 4 is 92.8 Å². The molecular formula is C10H6Cl8N4O4. The van der Waals surface area contributed by atoms with Gasteiger partial charge in [0.2, 0.25) is 0 Å². The summed E-state index contributed by atoms with van der Waals surface area (Å²) in [6, 6.07) is 0. The molecule has 0 aliphatic rings. The minimum Gasteiger partial charge on any atom is -0.376 e. The van der Waals surface area contributed by atoms with Crippen LogP contribution in [0.2, 0.25) is 0 Å². The fourth-order valence-electron chi connectivity index (χ4n) is 1.23. The van der Waals surface area contributed by atoms with Crippen LogP contribution in [0, 0.1) is 20.2 Å². The molecule has 8 nitrogen and oxygen atoms in total. The van der Waals surface area contributed by atoms with Gasteiger partial charge in [0.15, 0.2) is 0 Å². The van der Waals surface area contributed by atoms with E-state index in [1.165, 1.54) is 0 Å². The highest BCUT2D eigenvalue weighted by atomic mass is 35.5. The Morgan fingerprint density at radius 1 is 0.654 bits per heavy atom. The number of hydrogen-bond acceptors (Lipinski definition) is 6. The maximum atomic E-state index is 10.8. The van der Waals surface area contributed by atoms with Gasteiger partial charge in [-0.05, 0) is 23.2 Å². The van der Waals surface area contributed by atoms with Crippen molar-refractivity contribution in [3.8, 4) is 0 Å². The summed E-state index contributed by atoms with van der Waals surface area (Å²) in [6.45, 7) is -0.210. The Morgan fingerprint density at radius 2 is 0.923 bits per heavy atom. The topological polar surface area (TPSA) is 110 Å². The molecule has 0 unspecified atom stereocenters. The van der Waals surface area contributed by atoms with Gasteiger partial charge >= 0.3 is 10.3 Å². The molecular weight excluding hydrogens is 524 g/mol. The van der Waals surface area contributed by atoms with E-state index in [2.05, 4.69) is 10.6 Å². The number of hydrogen-bond donors (Lipinski definition) is 2. The molecule has 146 valence electrons. The maximum Gasteiger partial charge on any atom is 0.361 e. The number of nitrogens with zero attached hydrogens (tertiary/aromatic N) is 2. The largest absolute Gasteiger partial charge is 0.376 e. The van der Waals surface area contributed by atoms with Crippen molar-refractivity contribution in [1.29, 1.82) is 0 Å². The molecule has 2 N–H and O–H groups in total. The molecule has 0 bridgehead atoms. The molecule has 0 amide bonds. The lowest BCUT2D eigenvalue weighted by molar-refractivity contribution is -0.413. The van der Waals surface area contributed by atoms with Crippen LogP contribution in [0.5, 0.6) is 0 Å². The highest BCUT2D eigenvalue weighted by Gasteiger charge is 2.22. The van der Waals surface area contributed by atoms with E-state index >= 15 is 0 Å². The zero-order valence-corrected chi connectivity index (χ0v) is 18.0. The summed E-state index contributed by atoms with van der Waals surface area (Å²) in [4.78, 5) is 19.7. The van der Waals surface area contributed by atoms with Crippen molar-refractivity contribution in [2.45, 2.75) is 0 Å². The molecule has 0 heterocycles. The lowest BCUT2D eigenvalue weighted by Gasteiger charge is -2.12. The second kappa shape index (κ2) is 12.2. The third-order valence-electron chi connectivity index (χ3n) is 2.23. The summed E-state index contributed by atoms with van der Waals surface area (Å²) in [5, 5.41) is 24.0. The first-order chi connectivity index (χ1) is 11.9. The molecule has 0 radical (unpaired) electrons. The summed E-state index contributed by atoms with van der Waals surface area (Å²) in [5.41, 5.74) is -0.744. The van der Waals surface area contributed by atoms with Gasteiger partial charge in [0.05, 0.1) is 9.85 Å². The Kier molecular flexibility index (Phi) is 12.0. The minimum absolute atomic E-state index is 0.105. The second-order valence-corrected chi connectivity index (χ2v) is 7.22. The minimum atomic E-state index is -0.932. The average molecular weight is 530 g/mol. The van der Waals surface area contributed by atoms with Gasteiger partial charge in [-0.25, -0.2) is 0 Å². The SMILES string of the molecule is O=[N+]([O-])/C(Cl)=C(\NCCN/C(C(Cl)=C(Cl)Cl)=C(/Cl)[N+](=O)[O-])C(Cl)=C(Cl)Cl. The standard InChI is InChI=1S/C10H6Cl8N4O4/c11-3(7(13)14)5(9(17)21(23)24)19-1-2-20-6(4(12)8(15)16)10(18)22(25)26/h19-20H,1-2H2/b9-5-,10-6-. The second-order valence-electron chi connectivity index (χ2n) is 3.85. The van der Waals surface area contributed by atoms with Gasteiger partial charge in [0.25, 0.3) is 0 Å². The van der Waals surface area contributed by atoms with E-state index in [-0.39, 0.29) is 24.5 Å². The zero-order chi connectivity index (χ0) is 20.6. The lowest BCUT2D eigenvalue weighted by atomic mass is 10.4. The van der Waals surface area contributed by atoms with Gasteiger partial charge in [-0.1, -0.05) is 69.6 Å². The Labute approximate surface area is 186 Å². The summed E-state index contributed by atoms with van der Waals surface area (Å²) in [6.07, 6.45) is 0. The number of halogens is 8. The zero-order valence-electron chi connectivity index (χ0n) is 12.0. The highest BCUT2D eigenvalue weighted by molar-refractivity contribution is 6.60. The molecule has 0 atom stereocenters. The molecule has 26 heavy (non-hydrogen) atoms. The van der Waals surface area contributed by atoms with E-state index in [0.29, 0.717) is 0 Å². The van der Waals surface area contributed by atoms with Crippen molar-refractivity contribution in [2.75, 3.05) is 13.1 Å². The van der Waals surface area contributed by atoms with E-state index < -0.39 is 39.2 Å². The maximum absolute atomic E-state index is 10.8. The lowest BCUT2D eigenvalue weighted by Crippen LogP contribution is -2.29. The molecule has 0 aliphatic heterocycles. The Morgan fingerprint density at radius 3 is 1.12 bits per heavy atom. The van der Waals surface area contributed by atoms with E-state index in [0.717, 1.165) is 0 Å². The van der Waals surface area contributed by atoms with Crippen LogP contribution in [-0.2, 0) is 0 Å². The van der Waals surface area contributed by atoms with E-state index in [1.807, 2.05) is 0 Å². The molecule has 0 saturated heterocycles. The smallest absolute Gasteiger partial charge is 0.361 e. The van der Waals surface area contributed by atoms with Crippen molar-refractivity contribution in [2.24, 2.45) is 0 Å². The van der Waals surface area contributed by atoms with Crippen LogP contribution in [0.4, 0.5) is 0 Å². The van der Waals surface area contributed by atoms with Crippen molar-refractivity contribution < 1.29 is 9.85 Å². The molecule has 0 rings (SSSR count). The summed E-state index contributed by atoms with van der Waals surface area (Å²) in [7, 11) is 0. The van der Waals surface area contributed by atoms with Gasteiger partial charge in [-0.3, -0.25) is 20.2 Å². The van der Waals surface area contributed by atoms with Crippen LogP contribution < -0.4 is 10.6 Å². The van der Waals surface area contributed by atoms with Crippen molar-refractivity contribution in [3.05, 3.63) is 61.0 Å². The van der Waals surface area contributed by atoms with E-state index in [4.69, 9.17) is 92.8 Å². The summed E-state index contributed by atoms with van der Waals surface area (Å²) < 4.78 is -0.946. The van der Waals surface area contributed by atoms with Gasteiger partial charge < -0.3 is 10.6 Å². The third kappa shape index (κ3) is 8.14. The average Bonchev–Trinajstić information content (AvgIpc) is 2.55. The molecule has 0 fully saturated rings. The fraction of sp³-hybridized carbons (Fsp3) is 0.200. The first kappa shape index (κ1) is 25.7. The Hall–Kier alpha value is -0.320. The van der Waals surface area contributed by atoms with E-state index in [9.17, 15) is 20.2 Å². The molecule has 0 spiro atoms. The predicted molar refractivity (Wildman–Crippen MR) is 105 cm³/mol. The molecule has 0 aromatic carbocycles. The first-order valence-electron chi connectivity index (χ1n) is 5.90. The van der Waals surface area contributed by atoms with Crippen LogP contribution in [-0.4, -0.2) is 22.9 Å². The van der Waals surface area contributed by atoms with Crippen LogP contribution in [0.15, 0.2) is 40.8 Å². The van der Waals surface area contributed by atoms with Crippen LogP contribution in [0.3, 0.4) is 0 Å². The normalized spacial score (nSPS) is 12.5. The van der Waals surface area contributed by atoms with Crippen molar-refractivity contribution in [1.82, 2.24) is 10.6 Å². The fourth-order valence-corrected chi connectivity index (χ4v) is 2.34. The number of nitro groups is 2. The highest BCUT2D eigenvalue weighted by Crippen LogP contribution is 2.28. The number of rotatable bonds is 9. The monoisotopic (exact) mass is 526 g/mol. The van der Waals surface area contributed by atoms with Crippen molar-refractivity contribution in [3.63, 3.8) is 0 Å². The van der Waals surface area contributed by atoms with Crippen LogP contribution in [0.1, 0.15) is 0 Å². The quantitative estimate of drug-likeness (QED) is 0.138. The van der Waals surface area contributed by atoms with Crippen LogP contribution in [0.25, 0.3) is 0 Å². The van der Waals surface area contributed by atoms with Gasteiger partial charge in [0, 0.05) is 13.1 Å². The third-order valence-corrected chi connectivity index (χ3v) is 4.79. The van der Waals surface area contributed by atoms with E-state index in [1.54, 1.807) is 0 Å². The summed E-state index contributed by atoms with van der Waals surface area (Å²) in [5.74, 6) is 0.